The molecule has 2 aliphatic rings. The maximum absolute atomic E-state index is 2.53. The van der Waals surface area contributed by atoms with Crippen LogP contribution in [0.15, 0.2) is 0 Å². The highest BCUT2D eigenvalue weighted by atomic mass is 15.5. The highest BCUT2D eigenvalue weighted by Gasteiger charge is 2.51. The van der Waals surface area contributed by atoms with Gasteiger partial charge < -0.3 is 14.4 Å². The normalized spacial score (nSPS) is 44.8. The molecule has 2 rings (SSSR count). The van der Waals surface area contributed by atoms with Gasteiger partial charge in [0.2, 0.25) is 0 Å². The van der Waals surface area contributed by atoms with E-state index in [1.165, 1.54) is 13.1 Å². The molecule has 0 bridgehead atoms. The molecule has 2 aliphatic heterocycles. The van der Waals surface area contributed by atoms with Crippen LogP contribution in [0.25, 0.3) is 0 Å². The molecule has 2 heterocycles. The van der Waals surface area contributed by atoms with Crippen molar-refractivity contribution in [1.82, 2.24) is 14.4 Å². The molecule has 4 atom stereocenters. The maximum atomic E-state index is 2.53. The molecule has 4 heteroatoms. The van der Waals surface area contributed by atoms with Crippen LogP contribution >= 0.6 is 0 Å². The molecule has 0 radical (unpaired) electrons. The predicted octanol–water partition coefficient (Wildman–Crippen LogP) is -0.0589. The van der Waals surface area contributed by atoms with Crippen molar-refractivity contribution < 1.29 is 0 Å². The van der Waals surface area contributed by atoms with E-state index in [9.17, 15) is 0 Å². The van der Waals surface area contributed by atoms with Gasteiger partial charge in [-0.1, -0.05) is 0 Å². The lowest BCUT2D eigenvalue weighted by atomic mass is 9.91. The molecule has 4 unspecified atom stereocenters. The van der Waals surface area contributed by atoms with Crippen molar-refractivity contribution >= 4 is 7.12 Å². The zero-order valence-electron chi connectivity index (χ0n) is 8.49. The second kappa shape index (κ2) is 2.72. The lowest BCUT2D eigenvalue weighted by molar-refractivity contribution is 0.500. The van der Waals surface area contributed by atoms with E-state index in [4.69, 9.17) is 0 Å². The van der Waals surface area contributed by atoms with Gasteiger partial charge in [-0.15, -0.1) is 0 Å². The summed E-state index contributed by atoms with van der Waals surface area (Å²) in [6.45, 7) is 7.13. The third kappa shape index (κ3) is 1.39. The van der Waals surface area contributed by atoms with Crippen LogP contribution in [0.5, 0.6) is 0 Å². The monoisotopic (exact) mass is 167 g/mol. The molecular formula is C8H18BN3. The van der Waals surface area contributed by atoms with E-state index >= 15 is 0 Å². The predicted molar refractivity (Wildman–Crippen MR) is 51.8 cm³/mol. The van der Waals surface area contributed by atoms with Crippen molar-refractivity contribution in [2.75, 3.05) is 27.2 Å². The van der Waals surface area contributed by atoms with Gasteiger partial charge in [-0.25, -0.2) is 0 Å². The van der Waals surface area contributed by atoms with Gasteiger partial charge in [0, 0.05) is 25.2 Å². The Labute approximate surface area is 75.5 Å². The van der Waals surface area contributed by atoms with Crippen LogP contribution in [0.1, 0.15) is 13.8 Å². The highest BCUT2D eigenvalue weighted by Crippen LogP contribution is 2.28. The summed E-state index contributed by atoms with van der Waals surface area (Å²) in [5, 5.41) is 0. The van der Waals surface area contributed by atoms with Crippen LogP contribution in [0, 0.1) is 0 Å². The van der Waals surface area contributed by atoms with E-state index in [2.05, 4.69) is 42.4 Å². The zero-order chi connectivity index (χ0) is 8.88. The number of hydrogen-bond acceptors (Lipinski definition) is 3. The van der Waals surface area contributed by atoms with Crippen LogP contribution in [0.3, 0.4) is 0 Å². The molecule has 0 aromatic heterocycles. The van der Waals surface area contributed by atoms with Crippen LogP contribution in [-0.2, 0) is 0 Å². The molecule has 3 nitrogen and oxygen atoms in total. The van der Waals surface area contributed by atoms with Crippen molar-refractivity contribution in [2.45, 2.75) is 25.9 Å². The number of hydrogen-bond donors (Lipinski definition) is 0. The first kappa shape index (κ1) is 8.54. The van der Waals surface area contributed by atoms with Crippen LogP contribution in [-0.4, -0.2) is 60.8 Å². The van der Waals surface area contributed by atoms with E-state index in [-0.39, 0.29) is 0 Å². The van der Waals surface area contributed by atoms with Gasteiger partial charge in [0.05, 0.1) is 0 Å². The lowest BCUT2D eigenvalue weighted by Gasteiger charge is -2.22. The van der Waals surface area contributed by atoms with Crippen LogP contribution in [0.4, 0.5) is 0 Å². The summed E-state index contributed by atoms with van der Waals surface area (Å²) in [7, 11) is 4.90. The molecule has 0 spiro atoms. The Morgan fingerprint density at radius 3 is 1.58 bits per heavy atom. The van der Waals surface area contributed by atoms with Gasteiger partial charge >= 0.3 is 7.12 Å². The number of nitrogens with zero attached hydrogens (tertiary/aromatic N) is 3. The molecule has 0 aliphatic carbocycles. The molecule has 2 saturated heterocycles. The average Bonchev–Trinajstić information content (AvgIpc) is 2.79. The van der Waals surface area contributed by atoms with Crippen LogP contribution < -0.4 is 0 Å². The topological polar surface area (TPSA) is 9.26 Å². The van der Waals surface area contributed by atoms with Gasteiger partial charge in [-0.05, 0) is 27.9 Å². The summed E-state index contributed by atoms with van der Waals surface area (Å²) in [5.74, 6) is 0. The Hall–Kier alpha value is -0.0551. The van der Waals surface area contributed by atoms with E-state index in [0.717, 1.165) is 12.1 Å². The molecule has 2 fully saturated rings. The smallest absolute Gasteiger partial charge is 0.319 e. The Morgan fingerprint density at radius 1 is 1.08 bits per heavy atom. The summed E-state index contributed by atoms with van der Waals surface area (Å²) < 4.78 is 0. The largest absolute Gasteiger partial charge is 0.403 e. The summed E-state index contributed by atoms with van der Waals surface area (Å²) in [4.78, 5) is 7.38. The Morgan fingerprint density at radius 2 is 1.42 bits per heavy atom. The fourth-order valence-corrected chi connectivity index (χ4v) is 1.94. The molecule has 0 aromatic carbocycles. The van der Waals surface area contributed by atoms with Gasteiger partial charge in [-0.3, -0.25) is 0 Å². The molecular weight excluding hydrogens is 149 g/mol. The maximum Gasteiger partial charge on any atom is 0.403 e. The van der Waals surface area contributed by atoms with E-state index in [0.29, 0.717) is 7.12 Å². The fraction of sp³-hybridized carbons (Fsp3) is 1.00. The third-order valence-electron chi connectivity index (χ3n) is 2.87. The summed E-state index contributed by atoms with van der Waals surface area (Å²) in [6, 6.07) is 1.59. The van der Waals surface area contributed by atoms with Crippen molar-refractivity contribution in [3.05, 3.63) is 0 Å². The summed E-state index contributed by atoms with van der Waals surface area (Å²) >= 11 is 0. The molecule has 0 saturated carbocycles. The molecule has 0 aromatic rings. The Bertz CT molecular complexity index is 169. The lowest BCUT2D eigenvalue weighted by Crippen LogP contribution is -2.48. The molecule has 12 heavy (non-hydrogen) atoms. The molecule has 68 valence electrons. The summed E-state index contributed by atoms with van der Waals surface area (Å²) in [5.41, 5.74) is 0. The highest BCUT2D eigenvalue weighted by molar-refractivity contribution is 6.51. The second-order valence-electron chi connectivity index (χ2n) is 4.40. The summed E-state index contributed by atoms with van der Waals surface area (Å²) in [6.07, 6.45) is 0. The molecule has 0 N–H and O–H groups in total. The zero-order valence-corrected chi connectivity index (χ0v) is 8.49. The van der Waals surface area contributed by atoms with Gasteiger partial charge in [0.25, 0.3) is 0 Å². The standard InChI is InChI=1S/C8H18BN3/c1-7-5-11(7)9(10(3)4)12-6-8(12)2/h7-8H,5-6H2,1-4H3. The van der Waals surface area contributed by atoms with Crippen LogP contribution in [0.2, 0.25) is 0 Å². The van der Waals surface area contributed by atoms with Gasteiger partial charge in [0.1, 0.15) is 0 Å². The first-order valence-electron chi connectivity index (χ1n) is 4.79. The minimum atomic E-state index is 0.565. The van der Waals surface area contributed by atoms with E-state index < -0.39 is 0 Å². The first-order valence-corrected chi connectivity index (χ1v) is 4.79. The average molecular weight is 167 g/mol. The van der Waals surface area contributed by atoms with Gasteiger partial charge in [-0.2, -0.15) is 0 Å². The van der Waals surface area contributed by atoms with Crippen molar-refractivity contribution in [1.29, 1.82) is 0 Å². The Kier molecular flexibility index (Phi) is 1.94. The van der Waals surface area contributed by atoms with Crippen molar-refractivity contribution in [2.24, 2.45) is 0 Å². The van der Waals surface area contributed by atoms with Gasteiger partial charge in [0.15, 0.2) is 0 Å². The minimum Gasteiger partial charge on any atom is -0.319 e. The second-order valence-corrected chi connectivity index (χ2v) is 4.40. The third-order valence-corrected chi connectivity index (χ3v) is 2.87. The Balaban J connectivity index is 1.95. The van der Waals surface area contributed by atoms with E-state index in [1.54, 1.807) is 0 Å². The van der Waals surface area contributed by atoms with Crippen molar-refractivity contribution in [3.63, 3.8) is 0 Å². The number of rotatable bonds is 3. The minimum absolute atomic E-state index is 0.565. The fourth-order valence-electron chi connectivity index (χ4n) is 1.94. The first-order chi connectivity index (χ1) is 5.61. The van der Waals surface area contributed by atoms with E-state index in [1.807, 2.05) is 0 Å². The molecule has 0 amide bonds. The van der Waals surface area contributed by atoms with Crippen molar-refractivity contribution in [3.8, 4) is 0 Å². The quantitative estimate of drug-likeness (QED) is 0.430. The SMILES string of the molecule is CC1CN1B(N(C)C)N1CC1C.